The first-order valence-corrected chi connectivity index (χ1v) is 14.5. The number of pyridine rings is 1. The van der Waals surface area contributed by atoms with Crippen molar-refractivity contribution in [1.82, 2.24) is 39.0 Å². The van der Waals surface area contributed by atoms with E-state index in [1.807, 2.05) is 54.4 Å². The number of benzene rings is 1. The van der Waals surface area contributed by atoms with Gasteiger partial charge in [-0.3, -0.25) is 9.69 Å². The predicted molar refractivity (Wildman–Crippen MR) is 160 cm³/mol. The van der Waals surface area contributed by atoms with Gasteiger partial charge >= 0.3 is 0 Å². The van der Waals surface area contributed by atoms with Crippen LogP contribution in [-0.2, 0) is 4.79 Å². The van der Waals surface area contributed by atoms with Crippen molar-refractivity contribution in [3.8, 4) is 11.5 Å². The average molecular weight is 600 g/mol. The number of halogens is 2. The molecule has 0 atom stereocenters. The van der Waals surface area contributed by atoms with Crippen molar-refractivity contribution in [3.05, 3.63) is 84.7 Å². The van der Waals surface area contributed by atoms with Gasteiger partial charge in [-0.2, -0.15) is 10.2 Å². The Morgan fingerprint density at radius 2 is 1.82 bits per heavy atom. The Morgan fingerprint density at radius 1 is 1.05 bits per heavy atom. The van der Waals surface area contributed by atoms with Gasteiger partial charge in [-0.25, -0.2) is 27.8 Å². The van der Waals surface area contributed by atoms with Crippen LogP contribution in [-0.4, -0.2) is 83.5 Å². The highest BCUT2D eigenvalue weighted by atomic mass is 19.3. The van der Waals surface area contributed by atoms with Crippen LogP contribution < -0.4 is 10.1 Å². The van der Waals surface area contributed by atoms with Crippen molar-refractivity contribution in [2.75, 3.05) is 38.0 Å². The van der Waals surface area contributed by atoms with Crippen LogP contribution in [0.1, 0.15) is 29.9 Å². The molecular weight excluding hydrogens is 568 g/mol. The number of aromatic nitrogens is 6. The summed E-state index contributed by atoms with van der Waals surface area (Å²) >= 11 is 0. The molecule has 2 saturated heterocycles. The minimum atomic E-state index is -2.57. The Bertz CT molecular complexity index is 1850. The van der Waals surface area contributed by atoms with Gasteiger partial charge < -0.3 is 15.0 Å². The van der Waals surface area contributed by atoms with Crippen molar-refractivity contribution < 1.29 is 18.3 Å². The van der Waals surface area contributed by atoms with Crippen LogP contribution >= 0.6 is 0 Å². The topological polar surface area (TPSA) is 105 Å². The van der Waals surface area contributed by atoms with Gasteiger partial charge in [0.2, 0.25) is 5.91 Å². The van der Waals surface area contributed by atoms with Gasteiger partial charge in [0.15, 0.2) is 11.5 Å². The smallest absolute Gasteiger partial charge is 0.250 e. The summed E-state index contributed by atoms with van der Waals surface area (Å²) in [5.41, 5.74) is 4.42. The van der Waals surface area contributed by atoms with E-state index in [1.54, 1.807) is 32.3 Å². The lowest BCUT2D eigenvalue weighted by molar-refractivity contribution is -0.130. The van der Waals surface area contributed by atoms with E-state index in [4.69, 9.17) is 4.74 Å². The molecule has 4 aromatic heterocycles. The number of carbonyl (C=O) groups excluding carboxylic acids is 1. The SMILES string of the molecule is Cc1cc(Nc2ncnn3ccc(C4CN(C(=O)/C=C/CN5CCC(F)(F)CC5)C4)c23)ccc1Oc1ccn2ncnc2c1. The predicted octanol–water partition coefficient (Wildman–Crippen LogP) is 4.83. The molecule has 0 radical (unpaired) electrons. The van der Waals surface area contributed by atoms with Crippen molar-refractivity contribution in [1.29, 1.82) is 0 Å². The summed E-state index contributed by atoms with van der Waals surface area (Å²) in [6, 6.07) is 11.5. The zero-order valence-electron chi connectivity index (χ0n) is 24.1. The van der Waals surface area contributed by atoms with Crippen LogP contribution in [0.2, 0.25) is 0 Å². The van der Waals surface area contributed by atoms with E-state index in [1.165, 1.54) is 12.7 Å². The summed E-state index contributed by atoms with van der Waals surface area (Å²) in [5.74, 6) is -0.429. The highest BCUT2D eigenvalue weighted by molar-refractivity contribution is 5.88. The lowest BCUT2D eigenvalue weighted by Crippen LogP contribution is -2.47. The van der Waals surface area contributed by atoms with Gasteiger partial charge in [-0.1, -0.05) is 6.08 Å². The minimum Gasteiger partial charge on any atom is -0.457 e. The number of ether oxygens (including phenoxy) is 1. The van der Waals surface area contributed by atoms with Crippen molar-refractivity contribution in [2.45, 2.75) is 31.6 Å². The zero-order chi connectivity index (χ0) is 30.3. The molecule has 5 aromatic rings. The Balaban J connectivity index is 0.994. The number of rotatable bonds is 8. The molecule has 0 bridgehead atoms. The van der Waals surface area contributed by atoms with Crippen LogP contribution in [0, 0.1) is 6.92 Å². The maximum absolute atomic E-state index is 13.4. The van der Waals surface area contributed by atoms with Crippen LogP contribution in [0.5, 0.6) is 11.5 Å². The van der Waals surface area contributed by atoms with E-state index in [0.29, 0.717) is 49.9 Å². The average Bonchev–Trinajstić information content (AvgIpc) is 3.62. The Labute approximate surface area is 251 Å². The van der Waals surface area contributed by atoms with Crippen molar-refractivity contribution in [3.63, 3.8) is 0 Å². The monoisotopic (exact) mass is 599 g/mol. The number of hydrogen-bond donors (Lipinski definition) is 1. The molecule has 1 N–H and O–H groups in total. The summed E-state index contributed by atoms with van der Waals surface area (Å²) in [6.45, 7) is 4.33. The number of anilines is 2. The van der Waals surface area contributed by atoms with Crippen LogP contribution in [0.3, 0.4) is 0 Å². The second-order valence-electron chi connectivity index (χ2n) is 11.3. The number of piperidine rings is 1. The largest absolute Gasteiger partial charge is 0.457 e. The number of alkyl halides is 2. The van der Waals surface area contributed by atoms with E-state index in [0.717, 1.165) is 28.1 Å². The molecule has 0 spiro atoms. The molecule has 11 nitrogen and oxygen atoms in total. The number of carbonyl (C=O) groups is 1. The second-order valence-corrected chi connectivity index (χ2v) is 11.3. The fourth-order valence-corrected chi connectivity index (χ4v) is 5.69. The quantitative estimate of drug-likeness (QED) is 0.253. The highest BCUT2D eigenvalue weighted by Crippen LogP contribution is 2.35. The number of amides is 1. The highest BCUT2D eigenvalue weighted by Gasteiger charge is 2.34. The summed E-state index contributed by atoms with van der Waals surface area (Å²) < 4.78 is 36.3. The van der Waals surface area contributed by atoms with E-state index in [2.05, 4.69) is 25.5 Å². The molecule has 7 rings (SSSR count). The van der Waals surface area contributed by atoms with Gasteiger partial charge in [0, 0.05) is 81.7 Å². The van der Waals surface area contributed by atoms with Crippen LogP contribution in [0.15, 0.2) is 73.6 Å². The molecule has 44 heavy (non-hydrogen) atoms. The van der Waals surface area contributed by atoms with Crippen molar-refractivity contribution in [2.24, 2.45) is 0 Å². The fraction of sp³-hybridized carbons (Fsp3) is 0.323. The van der Waals surface area contributed by atoms with Gasteiger partial charge in [-0.05, 0) is 48.4 Å². The summed E-state index contributed by atoms with van der Waals surface area (Å²) in [7, 11) is 0. The molecule has 1 amide bonds. The first-order valence-electron chi connectivity index (χ1n) is 14.5. The molecule has 1 aromatic carbocycles. The number of likely N-dealkylation sites (tertiary alicyclic amines) is 2. The second kappa shape index (κ2) is 11.3. The lowest BCUT2D eigenvalue weighted by atomic mass is 9.92. The first kappa shape index (κ1) is 27.9. The molecule has 6 heterocycles. The normalized spacial score (nSPS) is 17.4. The molecule has 226 valence electrons. The number of nitrogens with zero attached hydrogens (tertiary/aromatic N) is 8. The Morgan fingerprint density at radius 3 is 2.64 bits per heavy atom. The van der Waals surface area contributed by atoms with Crippen LogP contribution in [0.25, 0.3) is 11.2 Å². The number of nitrogens with one attached hydrogen (secondary N) is 1. The van der Waals surface area contributed by atoms with Gasteiger partial charge in [-0.15, -0.1) is 0 Å². The molecule has 0 aliphatic carbocycles. The summed E-state index contributed by atoms with van der Waals surface area (Å²) in [5, 5.41) is 11.9. The molecule has 2 aliphatic heterocycles. The minimum absolute atomic E-state index is 0.0687. The zero-order valence-corrected chi connectivity index (χ0v) is 24.1. The third-order valence-electron chi connectivity index (χ3n) is 8.25. The lowest BCUT2D eigenvalue weighted by Gasteiger charge is -2.38. The molecule has 0 unspecified atom stereocenters. The van der Waals surface area contributed by atoms with Crippen molar-refractivity contribution >= 4 is 28.6 Å². The molecular formula is C31H31F2N9O2. The molecule has 13 heteroatoms. The van der Waals surface area contributed by atoms with Gasteiger partial charge in [0.05, 0.1) is 0 Å². The van der Waals surface area contributed by atoms with Gasteiger partial charge in [0.1, 0.15) is 29.7 Å². The summed E-state index contributed by atoms with van der Waals surface area (Å²) in [6.07, 6.45) is 9.78. The maximum atomic E-state index is 13.4. The van der Waals surface area contributed by atoms with E-state index >= 15 is 0 Å². The Kier molecular flexibility index (Phi) is 7.17. The van der Waals surface area contributed by atoms with E-state index < -0.39 is 5.92 Å². The fourth-order valence-electron chi connectivity index (χ4n) is 5.69. The third kappa shape index (κ3) is 5.70. The molecule has 2 fully saturated rings. The Hall–Kier alpha value is -4.91. The molecule has 0 saturated carbocycles. The number of hydrogen-bond acceptors (Lipinski definition) is 8. The first-order chi connectivity index (χ1) is 21.3. The standard InChI is InChI=1S/C31H31F2N9O2/c1-21-15-23(4-5-26(21)44-24-6-11-41-27(16-24)34-19-36-41)38-30-29-25(7-12-42(29)37-20-35-30)22-17-40(18-22)28(43)3-2-10-39-13-8-31(32,33)9-14-39/h2-7,11-12,15-16,19-20,22H,8-10,13-14,17-18H2,1H3,(H,35,37,38)/b3-2+. The number of fused-ring (bicyclic) bond motifs is 2. The van der Waals surface area contributed by atoms with E-state index in [9.17, 15) is 13.6 Å². The molecule has 2 aliphatic rings. The van der Waals surface area contributed by atoms with Gasteiger partial charge in [0.25, 0.3) is 5.92 Å². The van der Waals surface area contributed by atoms with Crippen LogP contribution in [0.4, 0.5) is 20.3 Å². The summed E-state index contributed by atoms with van der Waals surface area (Å²) in [4.78, 5) is 25.2. The maximum Gasteiger partial charge on any atom is 0.250 e. The third-order valence-corrected chi connectivity index (χ3v) is 8.25. The van der Waals surface area contributed by atoms with E-state index in [-0.39, 0.29) is 24.7 Å². The number of aryl methyl sites for hydroxylation is 1.